The molecule has 0 aromatic carbocycles. The van der Waals surface area contributed by atoms with Crippen LogP contribution in [0.3, 0.4) is 0 Å². The molecule has 1 aliphatic carbocycles. The van der Waals surface area contributed by atoms with Gasteiger partial charge in [0.2, 0.25) is 0 Å². The van der Waals surface area contributed by atoms with Crippen LogP contribution in [0.2, 0.25) is 0 Å². The first-order valence-corrected chi connectivity index (χ1v) is 7.15. The molecular weight excluding hydrogens is 238 g/mol. The van der Waals surface area contributed by atoms with E-state index in [1.807, 2.05) is 11.8 Å². The maximum absolute atomic E-state index is 11.6. The van der Waals surface area contributed by atoms with Gasteiger partial charge in [0, 0.05) is 19.0 Å². The van der Waals surface area contributed by atoms with E-state index >= 15 is 0 Å². The van der Waals surface area contributed by atoms with Crippen molar-refractivity contribution in [3.05, 3.63) is 0 Å². The Morgan fingerprint density at radius 2 is 2.29 bits per heavy atom. The van der Waals surface area contributed by atoms with E-state index < -0.39 is 5.54 Å². The maximum atomic E-state index is 11.6. The van der Waals surface area contributed by atoms with Gasteiger partial charge in [-0.2, -0.15) is 11.8 Å². The normalized spacial score (nSPS) is 29.0. The third kappa shape index (κ3) is 4.48. The Balaban J connectivity index is 2.35. The Labute approximate surface area is 108 Å². The van der Waals surface area contributed by atoms with Crippen molar-refractivity contribution in [1.82, 2.24) is 0 Å². The first kappa shape index (κ1) is 14.8. The van der Waals surface area contributed by atoms with Gasteiger partial charge in [0.25, 0.3) is 0 Å². The highest BCUT2D eigenvalue weighted by molar-refractivity contribution is 7.99. The van der Waals surface area contributed by atoms with E-state index in [1.165, 1.54) is 7.11 Å². The van der Waals surface area contributed by atoms with Crippen LogP contribution in [0.4, 0.5) is 0 Å². The standard InChI is InChI=1S/C12H23NO3S/c1-15-7-4-8-17-10-5-3-6-12(13,9-10)11(14)16-2/h10H,3-9,13H2,1-2H3. The van der Waals surface area contributed by atoms with Crippen LogP contribution < -0.4 is 5.73 Å². The molecule has 5 heteroatoms. The Hall–Kier alpha value is -0.260. The van der Waals surface area contributed by atoms with E-state index in [2.05, 4.69) is 0 Å². The second-order valence-corrected chi connectivity index (χ2v) is 5.99. The van der Waals surface area contributed by atoms with E-state index in [9.17, 15) is 4.79 Å². The molecule has 0 bridgehead atoms. The monoisotopic (exact) mass is 261 g/mol. The lowest BCUT2D eigenvalue weighted by molar-refractivity contribution is -0.148. The minimum absolute atomic E-state index is 0.264. The minimum atomic E-state index is -0.758. The van der Waals surface area contributed by atoms with E-state index in [0.29, 0.717) is 5.25 Å². The Bertz CT molecular complexity index is 250. The summed E-state index contributed by atoms with van der Waals surface area (Å²) in [6.07, 6.45) is 4.68. The van der Waals surface area contributed by atoms with Crippen molar-refractivity contribution in [2.45, 2.75) is 42.9 Å². The highest BCUT2D eigenvalue weighted by Gasteiger charge is 2.40. The summed E-state index contributed by atoms with van der Waals surface area (Å²) in [4.78, 5) is 11.6. The van der Waals surface area contributed by atoms with Gasteiger partial charge in [-0.25, -0.2) is 0 Å². The van der Waals surface area contributed by atoms with E-state index in [0.717, 1.165) is 44.5 Å². The summed E-state index contributed by atoms with van der Waals surface area (Å²) in [5.41, 5.74) is 5.36. The van der Waals surface area contributed by atoms with Crippen LogP contribution in [0.25, 0.3) is 0 Å². The Kier molecular flexibility index (Phi) is 6.30. The Morgan fingerprint density at radius 1 is 1.53 bits per heavy atom. The molecule has 0 saturated heterocycles. The molecule has 100 valence electrons. The van der Waals surface area contributed by atoms with Crippen molar-refractivity contribution in [2.24, 2.45) is 5.73 Å². The molecular formula is C12H23NO3S. The number of rotatable bonds is 6. The fourth-order valence-corrected chi connectivity index (χ4v) is 3.61. The molecule has 1 saturated carbocycles. The van der Waals surface area contributed by atoms with Gasteiger partial charge >= 0.3 is 5.97 Å². The second-order valence-electron chi connectivity index (χ2n) is 4.58. The molecule has 2 unspecified atom stereocenters. The van der Waals surface area contributed by atoms with Crippen molar-refractivity contribution in [1.29, 1.82) is 0 Å². The minimum Gasteiger partial charge on any atom is -0.468 e. The van der Waals surface area contributed by atoms with Crippen LogP contribution in [0.5, 0.6) is 0 Å². The first-order valence-electron chi connectivity index (χ1n) is 6.10. The molecule has 4 nitrogen and oxygen atoms in total. The quantitative estimate of drug-likeness (QED) is 0.581. The van der Waals surface area contributed by atoms with E-state index in [-0.39, 0.29) is 5.97 Å². The molecule has 0 spiro atoms. The summed E-state index contributed by atoms with van der Waals surface area (Å²) >= 11 is 1.90. The lowest BCUT2D eigenvalue weighted by Crippen LogP contribution is -2.52. The van der Waals surface area contributed by atoms with Gasteiger partial charge in [0.15, 0.2) is 0 Å². The summed E-state index contributed by atoms with van der Waals surface area (Å²) in [7, 11) is 3.12. The van der Waals surface area contributed by atoms with Gasteiger partial charge in [0.1, 0.15) is 5.54 Å². The molecule has 0 aromatic rings. The van der Waals surface area contributed by atoms with Crippen LogP contribution in [0.15, 0.2) is 0 Å². The average molecular weight is 261 g/mol. The molecule has 1 aliphatic rings. The predicted octanol–water partition coefficient (Wildman–Crippen LogP) is 1.57. The number of carbonyl (C=O) groups excluding carboxylic acids is 1. The topological polar surface area (TPSA) is 61.5 Å². The van der Waals surface area contributed by atoms with Gasteiger partial charge in [-0.15, -0.1) is 0 Å². The summed E-state index contributed by atoms with van der Waals surface area (Å²) in [6, 6.07) is 0. The molecule has 0 heterocycles. The third-order valence-corrected chi connectivity index (χ3v) is 4.58. The summed E-state index contributed by atoms with van der Waals surface area (Å²) in [5, 5.41) is 0.477. The molecule has 0 aromatic heterocycles. The number of thioether (sulfide) groups is 1. The number of esters is 1. The highest BCUT2D eigenvalue weighted by Crippen LogP contribution is 2.34. The Morgan fingerprint density at radius 3 is 2.94 bits per heavy atom. The number of hydrogen-bond acceptors (Lipinski definition) is 5. The molecule has 0 amide bonds. The highest BCUT2D eigenvalue weighted by atomic mass is 32.2. The van der Waals surface area contributed by atoms with Crippen LogP contribution in [-0.4, -0.2) is 43.3 Å². The number of ether oxygens (including phenoxy) is 2. The molecule has 0 aliphatic heterocycles. The number of nitrogens with two attached hydrogens (primary N) is 1. The third-order valence-electron chi connectivity index (χ3n) is 3.18. The second kappa shape index (κ2) is 7.24. The summed E-state index contributed by atoms with van der Waals surface area (Å²) in [6.45, 7) is 0.796. The molecule has 1 rings (SSSR count). The maximum Gasteiger partial charge on any atom is 0.325 e. The van der Waals surface area contributed by atoms with Crippen molar-refractivity contribution < 1.29 is 14.3 Å². The smallest absolute Gasteiger partial charge is 0.325 e. The SMILES string of the molecule is COCCCSC1CCCC(N)(C(=O)OC)C1. The van der Waals surface area contributed by atoms with Gasteiger partial charge in [0.05, 0.1) is 7.11 Å². The van der Waals surface area contributed by atoms with Gasteiger partial charge in [-0.05, 0) is 37.9 Å². The fourth-order valence-electron chi connectivity index (χ4n) is 2.24. The van der Waals surface area contributed by atoms with Crippen molar-refractivity contribution >= 4 is 17.7 Å². The molecule has 17 heavy (non-hydrogen) atoms. The molecule has 1 fully saturated rings. The van der Waals surface area contributed by atoms with Gasteiger partial charge in [-0.1, -0.05) is 0 Å². The van der Waals surface area contributed by atoms with E-state index in [1.54, 1.807) is 7.11 Å². The van der Waals surface area contributed by atoms with Crippen molar-refractivity contribution in [2.75, 3.05) is 26.6 Å². The van der Waals surface area contributed by atoms with Crippen LogP contribution in [-0.2, 0) is 14.3 Å². The zero-order valence-corrected chi connectivity index (χ0v) is 11.6. The predicted molar refractivity (Wildman–Crippen MR) is 70.1 cm³/mol. The molecule has 2 atom stereocenters. The zero-order valence-electron chi connectivity index (χ0n) is 10.7. The van der Waals surface area contributed by atoms with Crippen molar-refractivity contribution in [3.63, 3.8) is 0 Å². The van der Waals surface area contributed by atoms with E-state index in [4.69, 9.17) is 15.2 Å². The first-order chi connectivity index (χ1) is 8.12. The van der Waals surface area contributed by atoms with Gasteiger partial charge in [-0.3, -0.25) is 4.79 Å². The van der Waals surface area contributed by atoms with Crippen LogP contribution in [0, 0.1) is 0 Å². The zero-order chi connectivity index (χ0) is 12.7. The average Bonchev–Trinajstić information content (AvgIpc) is 2.34. The summed E-state index contributed by atoms with van der Waals surface area (Å²) < 4.78 is 9.81. The number of hydrogen-bond donors (Lipinski definition) is 1. The fraction of sp³-hybridized carbons (Fsp3) is 0.917. The van der Waals surface area contributed by atoms with Crippen LogP contribution in [0.1, 0.15) is 32.1 Å². The number of carbonyl (C=O) groups is 1. The molecule has 0 radical (unpaired) electrons. The largest absolute Gasteiger partial charge is 0.468 e. The van der Waals surface area contributed by atoms with Crippen molar-refractivity contribution in [3.8, 4) is 0 Å². The number of methoxy groups -OCH3 is 2. The summed E-state index contributed by atoms with van der Waals surface area (Å²) in [5.74, 6) is 0.801. The molecule has 2 N–H and O–H groups in total. The van der Waals surface area contributed by atoms with Crippen LogP contribution >= 0.6 is 11.8 Å². The van der Waals surface area contributed by atoms with Gasteiger partial charge < -0.3 is 15.2 Å². The lowest BCUT2D eigenvalue weighted by Gasteiger charge is -2.35. The lowest BCUT2D eigenvalue weighted by atomic mass is 9.82.